The van der Waals surface area contributed by atoms with Gasteiger partial charge in [0.25, 0.3) is 0 Å². The molecule has 0 radical (unpaired) electrons. The fourth-order valence-electron chi connectivity index (χ4n) is 1.73. The Morgan fingerprint density at radius 2 is 1.82 bits per heavy atom. The van der Waals surface area contributed by atoms with Crippen molar-refractivity contribution in [2.24, 2.45) is 0 Å². The Hall–Kier alpha value is -1.95. The quantitative estimate of drug-likeness (QED) is 0.762. The van der Waals surface area contributed by atoms with Crippen molar-refractivity contribution in [2.75, 3.05) is 0 Å². The topological polar surface area (TPSA) is 70.2 Å². The van der Waals surface area contributed by atoms with Gasteiger partial charge >= 0.3 is 0 Å². The minimum absolute atomic E-state index is 0.581. The standard InChI is InChI=1S/C11H8BrN5/c12-10-4-2-1-3-7(10)8-5-13-6-9(8)11-14-16-17-15-11/h1-6,13H,(H,14,15,16,17). The molecule has 0 atom stereocenters. The number of rotatable bonds is 2. The van der Waals surface area contributed by atoms with Crippen LogP contribution in [0.4, 0.5) is 0 Å². The summed E-state index contributed by atoms with van der Waals surface area (Å²) in [6.45, 7) is 0. The summed E-state index contributed by atoms with van der Waals surface area (Å²) in [4.78, 5) is 3.07. The Bertz CT molecular complexity index is 629. The van der Waals surface area contributed by atoms with E-state index in [1.54, 1.807) is 0 Å². The van der Waals surface area contributed by atoms with Crippen LogP contribution >= 0.6 is 15.9 Å². The molecule has 2 aromatic heterocycles. The van der Waals surface area contributed by atoms with Crippen LogP contribution in [0.25, 0.3) is 22.5 Å². The van der Waals surface area contributed by atoms with E-state index in [2.05, 4.69) is 41.5 Å². The number of H-pyrrole nitrogens is 2. The van der Waals surface area contributed by atoms with Crippen molar-refractivity contribution >= 4 is 15.9 Å². The van der Waals surface area contributed by atoms with Gasteiger partial charge < -0.3 is 4.98 Å². The van der Waals surface area contributed by atoms with Gasteiger partial charge in [0.15, 0.2) is 0 Å². The summed E-state index contributed by atoms with van der Waals surface area (Å²) in [5, 5.41) is 14.0. The van der Waals surface area contributed by atoms with Crippen LogP contribution in [0.5, 0.6) is 0 Å². The van der Waals surface area contributed by atoms with Gasteiger partial charge in [0.2, 0.25) is 5.82 Å². The van der Waals surface area contributed by atoms with Crippen LogP contribution in [0.3, 0.4) is 0 Å². The van der Waals surface area contributed by atoms with Crippen LogP contribution in [-0.4, -0.2) is 25.6 Å². The first-order valence-electron chi connectivity index (χ1n) is 5.02. The Labute approximate surface area is 105 Å². The van der Waals surface area contributed by atoms with Crippen LogP contribution in [0.15, 0.2) is 41.1 Å². The molecule has 0 aliphatic carbocycles. The molecule has 2 N–H and O–H groups in total. The second-order valence-corrected chi connectivity index (χ2v) is 4.35. The molecule has 1 aromatic carbocycles. The number of nitrogens with zero attached hydrogens (tertiary/aromatic N) is 3. The van der Waals surface area contributed by atoms with Crippen molar-refractivity contribution in [3.8, 4) is 22.5 Å². The average Bonchev–Trinajstić information content (AvgIpc) is 3.00. The third kappa shape index (κ3) is 1.76. The third-order valence-corrected chi connectivity index (χ3v) is 3.19. The van der Waals surface area contributed by atoms with Crippen molar-refractivity contribution in [3.05, 3.63) is 41.1 Å². The molecule has 0 spiro atoms. The largest absolute Gasteiger partial charge is 0.366 e. The molecular formula is C11H8BrN5. The maximum Gasteiger partial charge on any atom is 0.206 e. The summed E-state index contributed by atoms with van der Waals surface area (Å²) < 4.78 is 1.03. The number of nitrogens with one attached hydrogen (secondary N) is 2. The number of aromatic amines is 2. The lowest BCUT2D eigenvalue weighted by Gasteiger charge is -2.03. The normalized spacial score (nSPS) is 10.6. The maximum absolute atomic E-state index is 3.99. The monoisotopic (exact) mass is 289 g/mol. The lowest BCUT2D eigenvalue weighted by Crippen LogP contribution is -1.83. The molecule has 5 nitrogen and oxygen atoms in total. The molecular weight excluding hydrogens is 282 g/mol. The minimum atomic E-state index is 0.581. The van der Waals surface area contributed by atoms with Gasteiger partial charge in [-0.2, -0.15) is 5.21 Å². The number of benzene rings is 1. The molecule has 2 heterocycles. The SMILES string of the molecule is Brc1ccccc1-c1c[nH]cc1-c1nn[nH]n1. The number of halogens is 1. The first-order valence-corrected chi connectivity index (χ1v) is 5.81. The highest BCUT2D eigenvalue weighted by Crippen LogP contribution is 2.34. The van der Waals surface area contributed by atoms with E-state index >= 15 is 0 Å². The Morgan fingerprint density at radius 3 is 2.59 bits per heavy atom. The summed E-state index contributed by atoms with van der Waals surface area (Å²) in [5.41, 5.74) is 3.05. The second kappa shape index (κ2) is 4.14. The van der Waals surface area contributed by atoms with Gasteiger partial charge in [-0.3, -0.25) is 0 Å². The molecule has 17 heavy (non-hydrogen) atoms. The maximum atomic E-state index is 3.99. The van der Waals surface area contributed by atoms with Gasteiger partial charge in [-0.25, -0.2) is 0 Å². The van der Waals surface area contributed by atoms with Crippen LogP contribution in [0, 0.1) is 0 Å². The van der Waals surface area contributed by atoms with Crippen LogP contribution < -0.4 is 0 Å². The Morgan fingerprint density at radius 1 is 1.00 bits per heavy atom. The molecule has 6 heteroatoms. The summed E-state index contributed by atoms with van der Waals surface area (Å²) >= 11 is 3.54. The van der Waals surface area contributed by atoms with Crippen LogP contribution in [0.2, 0.25) is 0 Å². The lowest BCUT2D eigenvalue weighted by atomic mass is 10.0. The van der Waals surface area contributed by atoms with E-state index in [1.807, 2.05) is 36.7 Å². The average molecular weight is 290 g/mol. The van der Waals surface area contributed by atoms with Gasteiger partial charge in [-0.05, 0) is 16.8 Å². The van der Waals surface area contributed by atoms with Gasteiger partial charge in [-0.1, -0.05) is 34.1 Å². The van der Waals surface area contributed by atoms with Gasteiger partial charge in [0.1, 0.15) is 0 Å². The highest BCUT2D eigenvalue weighted by Gasteiger charge is 2.13. The molecule has 0 aliphatic rings. The van der Waals surface area contributed by atoms with E-state index in [4.69, 9.17) is 0 Å². The first-order chi connectivity index (χ1) is 8.36. The lowest BCUT2D eigenvalue weighted by molar-refractivity contribution is 0.881. The first kappa shape index (κ1) is 10.2. The number of hydrogen-bond donors (Lipinski definition) is 2. The zero-order valence-electron chi connectivity index (χ0n) is 8.68. The third-order valence-electron chi connectivity index (χ3n) is 2.50. The van der Waals surface area contributed by atoms with E-state index in [0.717, 1.165) is 21.2 Å². The Kier molecular flexibility index (Phi) is 2.49. The van der Waals surface area contributed by atoms with Crippen molar-refractivity contribution in [2.45, 2.75) is 0 Å². The van der Waals surface area contributed by atoms with Crippen molar-refractivity contribution in [1.82, 2.24) is 25.6 Å². The highest BCUT2D eigenvalue weighted by atomic mass is 79.9. The summed E-state index contributed by atoms with van der Waals surface area (Å²) in [7, 11) is 0. The second-order valence-electron chi connectivity index (χ2n) is 3.50. The number of hydrogen-bond acceptors (Lipinski definition) is 3. The summed E-state index contributed by atoms with van der Waals surface area (Å²) in [6, 6.07) is 8.01. The molecule has 84 valence electrons. The summed E-state index contributed by atoms with van der Waals surface area (Å²) in [6.07, 6.45) is 3.78. The van der Waals surface area contributed by atoms with E-state index in [1.165, 1.54) is 0 Å². The number of aromatic nitrogens is 5. The summed E-state index contributed by atoms with van der Waals surface area (Å²) in [5.74, 6) is 0.581. The van der Waals surface area contributed by atoms with Crippen LogP contribution in [0.1, 0.15) is 0 Å². The Balaban J connectivity index is 2.17. The van der Waals surface area contributed by atoms with E-state index in [9.17, 15) is 0 Å². The molecule has 0 aliphatic heterocycles. The van der Waals surface area contributed by atoms with E-state index in [0.29, 0.717) is 5.82 Å². The van der Waals surface area contributed by atoms with Crippen LogP contribution in [-0.2, 0) is 0 Å². The molecule has 0 saturated carbocycles. The molecule has 0 bridgehead atoms. The minimum Gasteiger partial charge on any atom is -0.366 e. The predicted octanol–water partition coefficient (Wildman–Crippen LogP) is 2.62. The predicted molar refractivity (Wildman–Crippen MR) is 67.1 cm³/mol. The number of tetrazole rings is 1. The fraction of sp³-hybridized carbons (Fsp3) is 0. The van der Waals surface area contributed by atoms with Crippen molar-refractivity contribution in [3.63, 3.8) is 0 Å². The van der Waals surface area contributed by atoms with E-state index in [-0.39, 0.29) is 0 Å². The molecule has 0 saturated heterocycles. The van der Waals surface area contributed by atoms with Gasteiger partial charge in [-0.15, -0.1) is 10.2 Å². The van der Waals surface area contributed by atoms with Gasteiger partial charge in [0, 0.05) is 28.0 Å². The van der Waals surface area contributed by atoms with Crippen molar-refractivity contribution in [1.29, 1.82) is 0 Å². The zero-order chi connectivity index (χ0) is 11.7. The van der Waals surface area contributed by atoms with Gasteiger partial charge in [0.05, 0.1) is 0 Å². The smallest absolute Gasteiger partial charge is 0.206 e. The highest BCUT2D eigenvalue weighted by molar-refractivity contribution is 9.10. The van der Waals surface area contributed by atoms with Crippen molar-refractivity contribution < 1.29 is 0 Å². The molecule has 0 fully saturated rings. The van der Waals surface area contributed by atoms with E-state index < -0.39 is 0 Å². The molecule has 0 amide bonds. The molecule has 3 rings (SSSR count). The molecule has 3 aromatic rings. The fourth-order valence-corrected chi connectivity index (χ4v) is 2.23. The molecule has 0 unspecified atom stereocenters. The zero-order valence-corrected chi connectivity index (χ0v) is 10.3.